The zero-order valence-electron chi connectivity index (χ0n) is 11.3. The second kappa shape index (κ2) is 5.48. The van der Waals surface area contributed by atoms with Crippen molar-refractivity contribution in [2.45, 2.75) is 32.2 Å². The van der Waals surface area contributed by atoms with Gasteiger partial charge in [-0.05, 0) is 55.2 Å². The van der Waals surface area contributed by atoms with Crippen molar-refractivity contribution in [3.8, 4) is 0 Å². The lowest BCUT2D eigenvalue weighted by atomic mass is 9.89. The fourth-order valence-corrected chi connectivity index (χ4v) is 3.87. The largest absolute Gasteiger partial charge is 0.312 e. The fourth-order valence-electron chi connectivity index (χ4n) is 3.87. The van der Waals surface area contributed by atoms with Gasteiger partial charge in [0.05, 0.1) is 11.0 Å². The average Bonchev–Trinajstić information content (AvgIpc) is 3.00. The molecule has 1 aromatic rings. The van der Waals surface area contributed by atoms with Crippen LogP contribution in [0.15, 0.2) is 18.2 Å². The molecule has 2 bridgehead atoms. The van der Waals surface area contributed by atoms with E-state index in [4.69, 9.17) is 0 Å². The van der Waals surface area contributed by atoms with E-state index in [0.717, 1.165) is 30.4 Å². The summed E-state index contributed by atoms with van der Waals surface area (Å²) in [7, 11) is 0. The van der Waals surface area contributed by atoms with Crippen LogP contribution in [0.5, 0.6) is 0 Å². The molecule has 3 unspecified atom stereocenters. The zero-order chi connectivity index (χ0) is 14.1. The monoisotopic (exact) mass is 278 g/mol. The Morgan fingerprint density at radius 3 is 2.80 bits per heavy atom. The fraction of sp³-hybridized carbons (Fsp3) is 0.600. The van der Waals surface area contributed by atoms with Gasteiger partial charge in [-0.3, -0.25) is 10.1 Å². The second-order valence-electron chi connectivity index (χ2n) is 6.14. The summed E-state index contributed by atoms with van der Waals surface area (Å²) < 4.78 is 13.3. The smallest absolute Gasteiger partial charge is 0.272 e. The molecule has 3 atom stereocenters. The maximum Gasteiger partial charge on any atom is 0.272 e. The highest BCUT2D eigenvalue weighted by Gasteiger charge is 2.38. The number of halogens is 1. The van der Waals surface area contributed by atoms with Gasteiger partial charge in [0.1, 0.15) is 5.82 Å². The van der Waals surface area contributed by atoms with Crippen LogP contribution in [0.4, 0.5) is 10.1 Å². The highest BCUT2D eigenvalue weighted by Crippen LogP contribution is 2.47. The van der Waals surface area contributed by atoms with Gasteiger partial charge in [0.2, 0.25) is 0 Å². The van der Waals surface area contributed by atoms with Crippen LogP contribution in [0, 0.1) is 33.7 Å². The van der Waals surface area contributed by atoms with E-state index in [1.54, 1.807) is 0 Å². The van der Waals surface area contributed by atoms with Crippen molar-refractivity contribution in [2.24, 2.45) is 17.8 Å². The molecule has 20 heavy (non-hydrogen) atoms. The Bertz CT molecular complexity index is 521. The quantitative estimate of drug-likeness (QED) is 0.664. The van der Waals surface area contributed by atoms with Crippen LogP contribution in [0.1, 0.15) is 31.2 Å². The first-order valence-electron chi connectivity index (χ1n) is 7.26. The Labute approximate surface area is 117 Å². The van der Waals surface area contributed by atoms with Crippen molar-refractivity contribution in [1.82, 2.24) is 5.32 Å². The number of rotatable bonds is 5. The van der Waals surface area contributed by atoms with Gasteiger partial charge in [-0.25, -0.2) is 4.39 Å². The molecule has 0 aromatic heterocycles. The third-order valence-electron chi connectivity index (χ3n) is 4.77. The molecule has 0 heterocycles. The minimum atomic E-state index is -0.553. The molecule has 0 spiro atoms. The van der Waals surface area contributed by atoms with Crippen molar-refractivity contribution < 1.29 is 9.31 Å². The molecule has 2 saturated carbocycles. The Morgan fingerprint density at radius 2 is 2.15 bits per heavy atom. The number of non-ortho nitro benzene ring substituents is 1. The molecular weight excluding hydrogens is 259 g/mol. The molecule has 2 fully saturated rings. The molecule has 2 aliphatic rings. The molecule has 0 amide bonds. The van der Waals surface area contributed by atoms with Crippen LogP contribution in [0.2, 0.25) is 0 Å². The molecule has 0 radical (unpaired) electrons. The SMILES string of the molecule is O=[N+]([O-])c1cc(F)cc(CNCC2CC3CCC2C3)c1. The van der Waals surface area contributed by atoms with Gasteiger partial charge < -0.3 is 5.32 Å². The summed E-state index contributed by atoms with van der Waals surface area (Å²) in [6.45, 7) is 1.43. The van der Waals surface area contributed by atoms with Crippen LogP contribution in [-0.2, 0) is 6.54 Å². The number of fused-ring (bicyclic) bond motifs is 2. The lowest BCUT2D eigenvalue weighted by molar-refractivity contribution is -0.385. The van der Waals surface area contributed by atoms with E-state index in [-0.39, 0.29) is 5.69 Å². The van der Waals surface area contributed by atoms with Crippen LogP contribution in [0.25, 0.3) is 0 Å². The summed E-state index contributed by atoms with van der Waals surface area (Å²) in [5, 5.41) is 14.0. The number of nitrogens with zero attached hydrogens (tertiary/aromatic N) is 1. The Kier molecular flexibility index (Phi) is 3.70. The van der Waals surface area contributed by atoms with E-state index in [1.165, 1.54) is 37.8 Å². The molecule has 0 saturated heterocycles. The molecule has 5 heteroatoms. The summed E-state index contributed by atoms with van der Waals surface area (Å²) in [4.78, 5) is 10.1. The van der Waals surface area contributed by atoms with Crippen LogP contribution >= 0.6 is 0 Å². The maximum atomic E-state index is 13.3. The van der Waals surface area contributed by atoms with E-state index in [0.29, 0.717) is 12.1 Å². The zero-order valence-corrected chi connectivity index (χ0v) is 11.3. The second-order valence-corrected chi connectivity index (χ2v) is 6.14. The maximum absolute atomic E-state index is 13.3. The summed E-state index contributed by atoms with van der Waals surface area (Å²) in [6, 6.07) is 3.76. The summed E-state index contributed by atoms with van der Waals surface area (Å²) in [6.07, 6.45) is 5.42. The average molecular weight is 278 g/mol. The Hall–Kier alpha value is -1.49. The number of nitro groups is 1. The number of nitro benzene ring substituents is 1. The standard InChI is InChI=1S/C15H19FN2O2/c16-14-5-11(6-15(7-14)18(19)20)8-17-9-13-4-10-1-2-12(13)3-10/h5-7,10,12-13,17H,1-4,8-9H2. The van der Waals surface area contributed by atoms with Gasteiger partial charge >= 0.3 is 0 Å². The third-order valence-corrected chi connectivity index (χ3v) is 4.77. The van der Waals surface area contributed by atoms with Gasteiger partial charge in [-0.2, -0.15) is 0 Å². The first-order valence-corrected chi connectivity index (χ1v) is 7.26. The molecule has 3 rings (SSSR count). The predicted molar refractivity (Wildman–Crippen MR) is 73.7 cm³/mol. The van der Waals surface area contributed by atoms with Gasteiger partial charge in [-0.15, -0.1) is 0 Å². The molecule has 1 N–H and O–H groups in total. The highest BCUT2D eigenvalue weighted by atomic mass is 19.1. The minimum absolute atomic E-state index is 0.179. The van der Waals surface area contributed by atoms with Gasteiger partial charge in [0.15, 0.2) is 0 Å². The van der Waals surface area contributed by atoms with Crippen molar-refractivity contribution in [3.63, 3.8) is 0 Å². The summed E-state index contributed by atoms with van der Waals surface area (Å²) >= 11 is 0. The van der Waals surface area contributed by atoms with E-state index >= 15 is 0 Å². The number of benzene rings is 1. The highest BCUT2D eigenvalue weighted by molar-refractivity contribution is 5.35. The summed E-state index contributed by atoms with van der Waals surface area (Å²) in [5.41, 5.74) is 0.460. The molecule has 2 aliphatic carbocycles. The minimum Gasteiger partial charge on any atom is -0.312 e. The van der Waals surface area contributed by atoms with Crippen LogP contribution in [-0.4, -0.2) is 11.5 Å². The molecule has 108 valence electrons. The third kappa shape index (κ3) is 2.82. The first-order chi connectivity index (χ1) is 9.61. The lowest BCUT2D eigenvalue weighted by Crippen LogP contribution is -2.26. The number of nitrogens with one attached hydrogen (secondary N) is 1. The Balaban J connectivity index is 1.54. The topological polar surface area (TPSA) is 55.2 Å². The molecule has 4 nitrogen and oxygen atoms in total. The molecule has 1 aromatic carbocycles. The van der Waals surface area contributed by atoms with E-state index < -0.39 is 10.7 Å². The van der Waals surface area contributed by atoms with Gasteiger partial charge in [0.25, 0.3) is 5.69 Å². The molecule has 0 aliphatic heterocycles. The normalized spacial score (nSPS) is 27.9. The van der Waals surface area contributed by atoms with E-state index in [2.05, 4.69) is 5.32 Å². The lowest BCUT2D eigenvalue weighted by Gasteiger charge is -2.21. The van der Waals surface area contributed by atoms with Crippen LogP contribution < -0.4 is 5.32 Å². The first kappa shape index (κ1) is 13.5. The predicted octanol–water partition coefficient (Wildman–Crippen LogP) is 3.26. The number of hydrogen-bond acceptors (Lipinski definition) is 3. The van der Waals surface area contributed by atoms with E-state index in [1.807, 2.05) is 0 Å². The van der Waals surface area contributed by atoms with Gasteiger partial charge in [-0.1, -0.05) is 6.42 Å². The summed E-state index contributed by atoms with van der Waals surface area (Å²) in [5.74, 6) is 1.96. The van der Waals surface area contributed by atoms with Crippen molar-refractivity contribution in [2.75, 3.05) is 6.54 Å². The van der Waals surface area contributed by atoms with Crippen molar-refractivity contribution >= 4 is 5.69 Å². The van der Waals surface area contributed by atoms with E-state index in [9.17, 15) is 14.5 Å². The van der Waals surface area contributed by atoms with Gasteiger partial charge in [0, 0.05) is 12.6 Å². The van der Waals surface area contributed by atoms with Crippen LogP contribution in [0.3, 0.4) is 0 Å². The number of hydrogen-bond donors (Lipinski definition) is 1. The molecular formula is C15H19FN2O2. The van der Waals surface area contributed by atoms with Crippen molar-refractivity contribution in [3.05, 3.63) is 39.7 Å². The Morgan fingerprint density at radius 1 is 1.30 bits per heavy atom. The van der Waals surface area contributed by atoms with Crippen molar-refractivity contribution in [1.29, 1.82) is 0 Å².